The molecule has 1 aliphatic heterocycles. The summed E-state index contributed by atoms with van der Waals surface area (Å²) < 4.78 is 35.4. The summed E-state index contributed by atoms with van der Waals surface area (Å²) in [7, 11) is -4.10. The van der Waals surface area contributed by atoms with Crippen molar-refractivity contribution in [3.05, 3.63) is 35.9 Å². The van der Waals surface area contributed by atoms with Crippen molar-refractivity contribution in [3.8, 4) is 0 Å². The molecule has 2 atom stereocenters. The molecule has 0 saturated carbocycles. The van der Waals surface area contributed by atoms with Crippen LogP contribution in [-0.2, 0) is 30.4 Å². The molecule has 9 nitrogen and oxygen atoms in total. The van der Waals surface area contributed by atoms with E-state index >= 15 is 0 Å². The van der Waals surface area contributed by atoms with Gasteiger partial charge in [-0.15, -0.1) is 0 Å². The van der Waals surface area contributed by atoms with Crippen LogP contribution in [0, 0.1) is 0 Å². The number of carbonyl (C=O) groups is 2. The number of carbonyl (C=O) groups excluding carboxylic acids is 1. The normalized spacial score (nSPS) is 19.0. The topological polar surface area (TPSA) is 131 Å². The number of nitrogens with one attached hydrogen (secondary N) is 2. The Morgan fingerprint density at radius 3 is 2.12 bits per heavy atom. The largest absolute Gasteiger partial charge is 0.481 e. The van der Waals surface area contributed by atoms with Crippen LogP contribution in [0.15, 0.2) is 30.3 Å². The fraction of sp³-hybridized carbons (Fsp3) is 0.636. The van der Waals surface area contributed by atoms with E-state index in [9.17, 15) is 18.0 Å². The maximum absolute atomic E-state index is 13.0. The standard InChI is InChI=1S/C22H35BN2O7S/c1-21(2)22(3,4)32-23(31-21)18(13-9-12-16-10-7-6-8-11-16)25-19(26)17(24-20(27)28)14-15-33(5,29)30/h6-8,10-11,17-18,24H,9,12-15H2,1-5H3,(H,25,26)(H,27,28). The fourth-order valence-electron chi connectivity index (χ4n) is 3.53. The van der Waals surface area contributed by atoms with Crippen molar-refractivity contribution >= 4 is 29.0 Å². The Morgan fingerprint density at radius 2 is 1.61 bits per heavy atom. The molecular weight excluding hydrogens is 447 g/mol. The SMILES string of the molecule is CC1(C)OB(C(CCCc2ccccc2)NC(=O)C(CCS(C)(=O)=O)NC(=O)O)OC1(C)C. The molecule has 184 valence electrons. The number of benzene rings is 1. The molecule has 1 heterocycles. The molecule has 1 aromatic rings. The molecule has 3 N–H and O–H groups in total. The van der Waals surface area contributed by atoms with E-state index in [0.717, 1.165) is 24.7 Å². The van der Waals surface area contributed by atoms with Crippen LogP contribution in [0.3, 0.4) is 0 Å². The lowest BCUT2D eigenvalue weighted by Gasteiger charge is -2.32. The summed E-state index contributed by atoms with van der Waals surface area (Å²) in [5, 5.41) is 14.1. The van der Waals surface area contributed by atoms with Crippen molar-refractivity contribution in [2.24, 2.45) is 0 Å². The average molecular weight is 482 g/mol. The first kappa shape index (κ1) is 27.1. The zero-order valence-electron chi connectivity index (χ0n) is 20.0. The quantitative estimate of drug-likeness (QED) is 0.412. The molecule has 33 heavy (non-hydrogen) atoms. The van der Waals surface area contributed by atoms with Gasteiger partial charge < -0.3 is 25.0 Å². The molecule has 11 heteroatoms. The van der Waals surface area contributed by atoms with E-state index in [0.29, 0.717) is 6.42 Å². The third kappa shape index (κ3) is 8.31. The van der Waals surface area contributed by atoms with E-state index < -0.39 is 52.1 Å². The van der Waals surface area contributed by atoms with Crippen LogP contribution in [0.5, 0.6) is 0 Å². The van der Waals surface area contributed by atoms with Crippen LogP contribution < -0.4 is 10.6 Å². The summed E-state index contributed by atoms with van der Waals surface area (Å²) in [5.74, 6) is -1.47. The second-order valence-electron chi connectivity index (χ2n) is 9.54. The van der Waals surface area contributed by atoms with E-state index in [-0.39, 0.29) is 12.2 Å². The second-order valence-corrected chi connectivity index (χ2v) is 11.8. The summed E-state index contributed by atoms with van der Waals surface area (Å²) in [6.45, 7) is 7.65. The predicted octanol–water partition coefficient (Wildman–Crippen LogP) is 2.20. The first-order chi connectivity index (χ1) is 15.2. The number of hydrogen-bond acceptors (Lipinski definition) is 6. The molecule has 0 bridgehead atoms. The van der Waals surface area contributed by atoms with Crippen LogP contribution in [-0.4, -0.2) is 67.8 Å². The first-order valence-corrected chi connectivity index (χ1v) is 13.1. The van der Waals surface area contributed by atoms with E-state index in [4.69, 9.17) is 14.4 Å². The molecule has 0 spiro atoms. The summed E-state index contributed by atoms with van der Waals surface area (Å²) in [6, 6.07) is 8.72. The number of rotatable bonds is 11. The minimum Gasteiger partial charge on any atom is -0.465 e. The Labute approximate surface area is 196 Å². The van der Waals surface area contributed by atoms with Crippen molar-refractivity contribution in [2.45, 2.75) is 76.6 Å². The highest BCUT2D eigenvalue weighted by molar-refractivity contribution is 7.90. The van der Waals surface area contributed by atoms with E-state index in [1.807, 2.05) is 58.0 Å². The molecule has 1 fully saturated rings. The highest BCUT2D eigenvalue weighted by Crippen LogP contribution is 2.38. The Kier molecular flexibility index (Phi) is 8.95. The van der Waals surface area contributed by atoms with Gasteiger partial charge in [-0.05, 0) is 58.9 Å². The molecule has 2 unspecified atom stereocenters. The number of amides is 2. The van der Waals surface area contributed by atoms with Gasteiger partial charge in [0.05, 0.1) is 22.9 Å². The monoisotopic (exact) mass is 482 g/mol. The lowest BCUT2D eigenvalue weighted by atomic mass is 9.75. The molecular formula is C22H35BN2O7S. The molecule has 0 aromatic heterocycles. The van der Waals surface area contributed by atoms with Crippen molar-refractivity contribution < 1.29 is 32.4 Å². The van der Waals surface area contributed by atoms with Gasteiger partial charge in [0.1, 0.15) is 15.9 Å². The van der Waals surface area contributed by atoms with E-state index in [1.165, 1.54) is 0 Å². The number of sulfone groups is 1. The molecule has 2 amide bonds. The van der Waals surface area contributed by atoms with Gasteiger partial charge in [0.2, 0.25) is 5.91 Å². The zero-order chi connectivity index (χ0) is 24.9. The first-order valence-electron chi connectivity index (χ1n) is 11.1. The number of carboxylic acid groups (broad SMARTS) is 1. The summed E-state index contributed by atoms with van der Waals surface area (Å²) >= 11 is 0. The molecule has 0 radical (unpaired) electrons. The third-order valence-corrected chi connectivity index (χ3v) is 7.12. The predicted molar refractivity (Wildman–Crippen MR) is 127 cm³/mol. The smallest absolute Gasteiger partial charge is 0.465 e. The van der Waals surface area contributed by atoms with Crippen molar-refractivity contribution in [1.82, 2.24) is 10.6 Å². The van der Waals surface area contributed by atoms with Gasteiger partial charge in [-0.25, -0.2) is 13.2 Å². The minimum atomic E-state index is -3.37. The van der Waals surface area contributed by atoms with Gasteiger partial charge in [-0.1, -0.05) is 30.3 Å². The van der Waals surface area contributed by atoms with Gasteiger partial charge in [-0.3, -0.25) is 4.79 Å². The second kappa shape index (κ2) is 10.9. The van der Waals surface area contributed by atoms with Crippen LogP contribution >= 0.6 is 0 Å². The van der Waals surface area contributed by atoms with Gasteiger partial charge >= 0.3 is 13.2 Å². The van der Waals surface area contributed by atoms with E-state index in [2.05, 4.69) is 10.6 Å². The van der Waals surface area contributed by atoms with Crippen LogP contribution in [0.25, 0.3) is 0 Å². The Hall–Kier alpha value is -2.11. The summed E-state index contributed by atoms with van der Waals surface area (Å²) in [5.41, 5.74) is -0.0421. The number of aryl methyl sites for hydroxylation is 1. The molecule has 1 saturated heterocycles. The minimum absolute atomic E-state index is 0.170. The molecule has 2 rings (SSSR count). The van der Waals surface area contributed by atoms with E-state index in [1.54, 1.807) is 0 Å². The van der Waals surface area contributed by atoms with Crippen molar-refractivity contribution in [2.75, 3.05) is 12.0 Å². The van der Waals surface area contributed by atoms with Crippen LogP contribution in [0.4, 0.5) is 4.79 Å². The van der Waals surface area contributed by atoms with Gasteiger partial charge in [-0.2, -0.15) is 0 Å². The molecule has 1 aromatic carbocycles. The number of hydrogen-bond donors (Lipinski definition) is 3. The summed E-state index contributed by atoms with van der Waals surface area (Å²) in [4.78, 5) is 24.2. The van der Waals surface area contributed by atoms with Gasteiger partial charge in [0, 0.05) is 6.26 Å². The van der Waals surface area contributed by atoms with Crippen LogP contribution in [0.1, 0.15) is 52.5 Å². The van der Waals surface area contributed by atoms with Crippen LogP contribution in [0.2, 0.25) is 0 Å². The Balaban J connectivity index is 2.14. The van der Waals surface area contributed by atoms with Crippen molar-refractivity contribution in [1.29, 1.82) is 0 Å². The highest BCUT2D eigenvalue weighted by atomic mass is 32.2. The highest BCUT2D eigenvalue weighted by Gasteiger charge is 2.54. The third-order valence-electron chi connectivity index (χ3n) is 6.14. The van der Waals surface area contributed by atoms with Crippen molar-refractivity contribution in [3.63, 3.8) is 0 Å². The Morgan fingerprint density at radius 1 is 1.03 bits per heavy atom. The summed E-state index contributed by atoms with van der Waals surface area (Å²) in [6.07, 6.45) is 1.52. The zero-order valence-corrected chi connectivity index (χ0v) is 20.8. The maximum Gasteiger partial charge on any atom is 0.481 e. The molecule has 0 aliphatic carbocycles. The Bertz CT molecular complexity index is 906. The van der Waals surface area contributed by atoms with Gasteiger partial charge in [0.25, 0.3) is 0 Å². The molecule has 1 aliphatic rings. The maximum atomic E-state index is 13.0. The fourth-order valence-corrected chi connectivity index (χ4v) is 4.20. The lowest BCUT2D eigenvalue weighted by molar-refractivity contribution is -0.123. The van der Waals surface area contributed by atoms with Gasteiger partial charge in [0.15, 0.2) is 0 Å². The lowest BCUT2D eigenvalue weighted by Crippen LogP contribution is -2.54. The average Bonchev–Trinajstić information content (AvgIpc) is 2.91.